The maximum atomic E-state index is 11.3. The number of Topliss-reactive ketones (excluding diaryl/α,β-unsaturated/α-hetero) is 1. The van der Waals surface area contributed by atoms with E-state index in [1.54, 1.807) is 13.0 Å². The van der Waals surface area contributed by atoms with E-state index in [1.165, 1.54) is 0 Å². The summed E-state index contributed by atoms with van der Waals surface area (Å²) in [6, 6.07) is 3.76. The molecule has 3 heteroatoms. The van der Waals surface area contributed by atoms with Crippen molar-refractivity contribution in [1.29, 1.82) is 0 Å². The van der Waals surface area contributed by atoms with Crippen LogP contribution in [0, 0.1) is 10.5 Å². The second-order valence-corrected chi connectivity index (χ2v) is 4.17. The van der Waals surface area contributed by atoms with E-state index in [0.29, 0.717) is 6.61 Å². The van der Waals surface area contributed by atoms with Crippen LogP contribution in [0.3, 0.4) is 0 Å². The molecule has 1 rings (SSSR count). The lowest BCUT2D eigenvalue weighted by Crippen LogP contribution is -2.01. The molecule has 0 aromatic heterocycles. The maximum absolute atomic E-state index is 11.3. The molecule has 0 aliphatic heterocycles. The first-order chi connectivity index (χ1) is 6.56. The van der Waals surface area contributed by atoms with Gasteiger partial charge in [0.05, 0.1) is 6.61 Å². The molecule has 0 saturated heterocycles. The van der Waals surface area contributed by atoms with Gasteiger partial charge in [0.2, 0.25) is 0 Å². The molecule has 0 bridgehead atoms. The van der Waals surface area contributed by atoms with Crippen LogP contribution >= 0.6 is 22.6 Å². The topological polar surface area (TPSA) is 26.3 Å². The molecule has 0 heterocycles. The summed E-state index contributed by atoms with van der Waals surface area (Å²) < 4.78 is 6.39. The van der Waals surface area contributed by atoms with Crippen molar-refractivity contribution in [2.45, 2.75) is 20.8 Å². The summed E-state index contributed by atoms with van der Waals surface area (Å²) in [5.74, 6) is 0.856. The van der Waals surface area contributed by atoms with E-state index in [9.17, 15) is 4.79 Å². The Morgan fingerprint density at radius 2 is 2.14 bits per heavy atom. The van der Waals surface area contributed by atoms with E-state index >= 15 is 0 Å². The SMILES string of the molecule is CCOc1cc(C)c(I)c(C(C)=O)c1. The Kier molecular flexibility index (Phi) is 3.92. The molecule has 0 unspecified atom stereocenters. The number of hydrogen-bond donors (Lipinski definition) is 0. The predicted molar refractivity (Wildman–Crippen MR) is 65.1 cm³/mol. The lowest BCUT2D eigenvalue weighted by Gasteiger charge is -2.09. The molecule has 0 saturated carbocycles. The molecule has 1 aromatic rings. The number of ketones is 1. The fourth-order valence-corrected chi connectivity index (χ4v) is 1.93. The van der Waals surface area contributed by atoms with Gasteiger partial charge in [0.15, 0.2) is 5.78 Å². The first kappa shape index (κ1) is 11.5. The largest absolute Gasteiger partial charge is 0.494 e. The molecule has 0 spiro atoms. The van der Waals surface area contributed by atoms with E-state index < -0.39 is 0 Å². The Hall–Kier alpha value is -0.580. The van der Waals surface area contributed by atoms with Gasteiger partial charge in [-0.3, -0.25) is 4.79 Å². The fraction of sp³-hybridized carbons (Fsp3) is 0.364. The normalized spacial score (nSPS) is 10.0. The number of carbonyl (C=O) groups excluding carboxylic acids is 1. The van der Waals surface area contributed by atoms with Crippen LogP contribution in [-0.4, -0.2) is 12.4 Å². The second-order valence-electron chi connectivity index (χ2n) is 3.09. The van der Waals surface area contributed by atoms with Crippen molar-refractivity contribution in [1.82, 2.24) is 0 Å². The monoisotopic (exact) mass is 304 g/mol. The first-order valence-electron chi connectivity index (χ1n) is 4.50. The van der Waals surface area contributed by atoms with Gasteiger partial charge in [0.25, 0.3) is 0 Å². The van der Waals surface area contributed by atoms with Crippen LogP contribution in [0.25, 0.3) is 0 Å². The van der Waals surface area contributed by atoms with E-state index in [-0.39, 0.29) is 5.78 Å². The van der Waals surface area contributed by atoms with Crippen LogP contribution in [0.5, 0.6) is 5.75 Å². The average Bonchev–Trinajstić information content (AvgIpc) is 2.11. The number of halogens is 1. The predicted octanol–water partition coefficient (Wildman–Crippen LogP) is 3.20. The van der Waals surface area contributed by atoms with E-state index in [0.717, 1.165) is 20.4 Å². The molecular weight excluding hydrogens is 291 g/mol. The summed E-state index contributed by atoms with van der Waals surface area (Å²) in [5, 5.41) is 0. The standard InChI is InChI=1S/C11H13IO2/c1-4-14-9-5-7(2)11(12)10(6-9)8(3)13/h5-6H,4H2,1-3H3. The average molecular weight is 304 g/mol. The molecule has 0 N–H and O–H groups in total. The molecule has 1 aromatic carbocycles. The number of carbonyl (C=O) groups is 1. The molecule has 76 valence electrons. The van der Waals surface area contributed by atoms with Gasteiger partial charge >= 0.3 is 0 Å². The minimum Gasteiger partial charge on any atom is -0.494 e. The summed E-state index contributed by atoms with van der Waals surface area (Å²) in [4.78, 5) is 11.3. The van der Waals surface area contributed by atoms with Crippen molar-refractivity contribution in [2.75, 3.05) is 6.61 Å². The van der Waals surface area contributed by atoms with Crippen LogP contribution in [0.2, 0.25) is 0 Å². The number of hydrogen-bond acceptors (Lipinski definition) is 2. The van der Waals surface area contributed by atoms with Crippen LogP contribution in [0.1, 0.15) is 29.8 Å². The molecule has 14 heavy (non-hydrogen) atoms. The van der Waals surface area contributed by atoms with Crippen molar-refractivity contribution < 1.29 is 9.53 Å². The molecule has 0 atom stereocenters. The maximum Gasteiger partial charge on any atom is 0.161 e. The van der Waals surface area contributed by atoms with Crippen molar-refractivity contribution in [3.63, 3.8) is 0 Å². The van der Waals surface area contributed by atoms with Crippen LogP contribution < -0.4 is 4.74 Å². The lowest BCUT2D eigenvalue weighted by atomic mass is 10.1. The van der Waals surface area contributed by atoms with Gasteiger partial charge < -0.3 is 4.74 Å². The van der Waals surface area contributed by atoms with Crippen LogP contribution in [-0.2, 0) is 0 Å². The van der Waals surface area contributed by atoms with Crippen molar-refractivity contribution in [3.8, 4) is 5.75 Å². The number of ether oxygens (including phenoxy) is 1. The third-order valence-corrected chi connectivity index (χ3v) is 3.35. The van der Waals surface area contributed by atoms with Gasteiger partial charge in [-0.25, -0.2) is 0 Å². The molecule has 2 nitrogen and oxygen atoms in total. The fourth-order valence-electron chi connectivity index (χ4n) is 1.24. The summed E-state index contributed by atoms with van der Waals surface area (Å²) in [6.07, 6.45) is 0. The molecular formula is C11H13IO2. The van der Waals surface area contributed by atoms with Gasteiger partial charge in [-0.1, -0.05) is 0 Å². The zero-order valence-electron chi connectivity index (χ0n) is 8.56. The van der Waals surface area contributed by atoms with E-state index in [2.05, 4.69) is 22.6 Å². The Morgan fingerprint density at radius 3 is 2.64 bits per heavy atom. The highest BCUT2D eigenvalue weighted by Gasteiger charge is 2.09. The lowest BCUT2D eigenvalue weighted by molar-refractivity contribution is 0.101. The summed E-state index contributed by atoms with van der Waals surface area (Å²) in [5.41, 5.74) is 1.83. The van der Waals surface area contributed by atoms with E-state index in [4.69, 9.17) is 4.74 Å². The Balaban J connectivity index is 3.21. The number of benzene rings is 1. The van der Waals surface area contributed by atoms with Crippen LogP contribution in [0.4, 0.5) is 0 Å². The van der Waals surface area contributed by atoms with Crippen LogP contribution in [0.15, 0.2) is 12.1 Å². The zero-order chi connectivity index (χ0) is 10.7. The molecule has 0 aliphatic carbocycles. The van der Waals surface area contributed by atoms with Gasteiger partial charge in [0, 0.05) is 9.13 Å². The Labute approximate surface area is 97.8 Å². The minimum absolute atomic E-state index is 0.0825. The Bertz CT molecular complexity index is 359. The molecule has 0 aliphatic rings. The quantitative estimate of drug-likeness (QED) is 0.633. The highest BCUT2D eigenvalue weighted by atomic mass is 127. The van der Waals surface area contributed by atoms with Gasteiger partial charge in [0.1, 0.15) is 5.75 Å². The smallest absolute Gasteiger partial charge is 0.161 e. The van der Waals surface area contributed by atoms with Gasteiger partial charge in [-0.2, -0.15) is 0 Å². The highest BCUT2D eigenvalue weighted by Crippen LogP contribution is 2.24. The zero-order valence-corrected chi connectivity index (χ0v) is 10.7. The van der Waals surface area contributed by atoms with Crippen molar-refractivity contribution in [3.05, 3.63) is 26.8 Å². The number of aryl methyl sites for hydroxylation is 1. The van der Waals surface area contributed by atoms with Gasteiger partial charge in [-0.15, -0.1) is 0 Å². The Morgan fingerprint density at radius 1 is 1.50 bits per heavy atom. The first-order valence-corrected chi connectivity index (χ1v) is 5.58. The highest BCUT2D eigenvalue weighted by molar-refractivity contribution is 14.1. The molecule has 0 amide bonds. The van der Waals surface area contributed by atoms with E-state index in [1.807, 2.05) is 19.9 Å². The third-order valence-electron chi connectivity index (χ3n) is 1.92. The molecule has 0 radical (unpaired) electrons. The molecule has 0 fully saturated rings. The minimum atomic E-state index is 0.0825. The summed E-state index contributed by atoms with van der Waals surface area (Å²) in [7, 11) is 0. The summed E-state index contributed by atoms with van der Waals surface area (Å²) >= 11 is 2.19. The third kappa shape index (κ3) is 2.47. The second kappa shape index (κ2) is 4.77. The van der Waals surface area contributed by atoms with Crippen molar-refractivity contribution in [2.24, 2.45) is 0 Å². The summed E-state index contributed by atoms with van der Waals surface area (Å²) in [6.45, 7) is 6.11. The van der Waals surface area contributed by atoms with Gasteiger partial charge in [-0.05, 0) is 61.1 Å². The number of rotatable bonds is 3. The van der Waals surface area contributed by atoms with Crippen molar-refractivity contribution >= 4 is 28.4 Å².